The van der Waals surface area contributed by atoms with Gasteiger partial charge < -0.3 is 5.11 Å². The van der Waals surface area contributed by atoms with Gasteiger partial charge in [-0.25, -0.2) is 0 Å². The third kappa shape index (κ3) is 1.92. The van der Waals surface area contributed by atoms with E-state index in [4.69, 9.17) is 0 Å². The Balaban J connectivity index is 1.73. The number of carbonyl (C=O) groups is 1. The van der Waals surface area contributed by atoms with E-state index in [1.165, 1.54) is 18.4 Å². The van der Waals surface area contributed by atoms with E-state index >= 15 is 0 Å². The zero-order valence-corrected chi connectivity index (χ0v) is 14.2. The van der Waals surface area contributed by atoms with E-state index in [1.54, 1.807) is 0 Å². The number of hydrogen-bond donors (Lipinski definition) is 1. The van der Waals surface area contributed by atoms with Crippen molar-refractivity contribution in [1.82, 2.24) is 0 Å². The Hall–Kier alpha value is -0.630. The van der Waals surface area contributed by atoms with Crippen LogP contribution in [-0.4, -0.2) is 17.0 Å². The lowest BCUT2D eigenvalue weighted by Gasteiger charge is -2.58. The van der Waals surface area contributed by atoms with E-state index < -0.39 is 0 Å². The Labute approximate surface area is 134 Å². The summed E-state index contributed by atoms with van der Waals surface area (Å²) in [6.07, 6.45) is 8.22. The Bertz CT molecular complexity index is 522. The fraction of sp³-hybridized carbons (Fsp3) is 0.850. The number of aliphatic hydroxyl groups excluding tert-OH is 1. The first-order chi connectivity index (χ1) is 10.4. The highest BCUT2D eigenvalue weighted by atomic mass is 16.3. The van der Waals surface area contributed by atoms with Crippen LogP contribution >= 0.6 is 0 Å². The average molecular weight is 302 g/mol. The highest BCUT2D eigenvalue weighted by Crippen LogP contribution is 2.64. The lowest BCUT2D eigenvalue weighted by Crippen LogP contribution is -2.53. The molecule has 0 aromatic carbocycles. The van der Waals surface area contributed by atoms with E-state index in [-0.39, 0.29) is 11.5 Å². The molecule has 2 nitrogen and oxygen atoms in total. The molecular weight excluding hydrogens is 272 g/mol. The molecule has 4 rings (SSSR count). The van der Waals surface area contributed by atoms with E-state index in [0.717, 1.165) is 37.5 Å². The van der Waals surface area contributed by atoms with Crippen LogP contribution in [0.3, 0.4) is 0 Å². The molecule has 0 heterocycles. The Morgan fingerprint density at radius 2 is 1.91 bits per heavy atom. The lowest BCUT2D eigenvalue weighted by atomic mass is 9.47. The minimum Gasteiger partial charge on any atom is -0.393 e. The van der Waals surface area contributed by atoms with Crippen LogP contribution in [0.2, 0.25) is 0 Å². The second-order valence-electron chi connectivity index (χ2n) is 9.05. The van der Waals surface area contributed by atoms with Crippen LogP contribution in [-0.2, 0) is 4.79 Å². The molecule has 8 atom stereocenters. The van der Waals surface area contributed by atoms with Crippen LogP contribution < -0.4 is 0 Å². The van der Waals surface area contributed by atoms with Gasteiger partial charge in [0, 0.05) is 6.42 Å². The topological polar surface area (TPSA) is 37.3 Å². The molecule has 6 unspecified atom stereocenters. The van der Waals surface area contributed by atoms with Crippen molar-refractivity contribution in [1.29, 1.82) is 0 Å². The average Bonchev–Trinajstić information content (AvgIpc) is 2.74. The molecule has 2 heteroatoms. The minimum atomic E-state index is -0.0991. The largest absolute Gasteiger partial charge is 0.393 e. The quantitative estimate of drug-likeness (QED) is 0.735. The first kappa shape index (κ1) is 14.9. The van der Waals surface area contributed by atoms with E-state index in [9.17, 15) is 9.90 Å². The Morgan fingerprint density at radius 3 is 2.68 bits per heavy atom. The summed E-state index contributed by atoms with van der Waals surface area (Å²) >= 11 is 0. The number of aliphatic hydroxyl groups is 1. The monoisotopic (exact) mass is 302 g/mol. The van der Waals surface area contributed by atoms with Crippen LogP contribution in [0.5, 0.6) is 0 Å². The molecule has 4 aliphatic carbocycles. The van der Waals surface area contributed by atoms with Gasteiger partial charge in [-0.3, -0.25) is 4.79 Å². The smallest absolute Gasteiger partial charge is 0.155 e. The van der Waals surface area contributed by atoms with Crippen LogP contribution in [0.4, 0.5) is 0 Å². The van der Waals surface area contributed by atoms with Crippen LogP contribution in [0, 0.1) is 40.9 Å². The summed E-state index contributed by atoms with van der Waals surface area (Å²) in [7, 11) is 0. The molecule has 0 radical (unpaired) electrons. The van der Waals surface area contributed by atoms with E-state index in [0.29, 0.717) is 29.5 Å². The fourth-order valence-corrected chi connectivity index (χ4v) is 7.11. The van der Waals surface area contributed by atoms with Gasteiger partial charge in [-0.05, 0) is 79.1 Å². The standard InChI is InChI=1S/C20H30O2/c1-11-8-13-9-14(21)4-5-15(13)18-12(2)10-20(3)16(19(11)18)6-7-17(20)22/h9,11-12,15-19,22H,4-8,10H2,1-3H3/t11?,12?,15?,16?,17-,18?,19?,20-/m0/s1. The lowest BCUT2D eigenvalue weighted by molar-refractivity contribution is -0.118. The molecule has 0 spiro atoms. The van der Waals surface area contributed by atoms with Gasteiger partial charge in [0.05, 0.1) is 6.10 Å². The molecule has 3 fully saturated rings. The van der Waals surface area contributed by atoms with E-state index in [1.807, 2.05) is 6.08 Å². The fourth-order valence-electron chi connectivity index (χ4n) is 7.11. The van der Waals surface area contributed by atoms with Gasteiger partial charge in [-0.1, -0.05) is 26.3 Å². The van der Waals surface area contributed by atoms with Gasteiger partial charge in [0.1, 0.15) is 0 Å². The predicted octanol–water partition coefficient (Wildman–Crippen LogP) is 3.98. The van der Waals surface area contributed by atoms with Crippen LogP contribution in [0.15, 0.2) is 11.6 Å². The Morgan fingerprint density at radius 1 is 1.14 bits per heavy atom. The molecular formula is C20H30O2. The summed E-state index contributed by atoms with van der Waals surface area (Å²) in [5.74, 6) is 4.52. The molecule has 0 bridgehead atoms. The minimum absolute atomic E-state index is 0.0991. The number of carbonyl (C=O) groups excluding carboxylic acids is 1. The van der Waals surface area contributed by atoms with Crippen molar-refractivity contribution in [2.45, 2.75) is 65.4 Å². The predicted molar refractivity (Wildman–Crippen MR) is 87.2 cm³/mol. The molecule has 0 amide bonds. The van der Waals surface area contributed by atoms with Gasteiger partial charge in [-0.15, -0.1) is 0 Å². The van der Waals surface area contributed by atoms with Crippen molar-refractivity contribution < 1.29 is 9.90 Å². The molecule has 1 N–H and O–H groups in total. The molecule has 0 aromatic heterocycles. The summed E-state index contributed by atoms with van der Waals surface area (Å²) < 4.78 is 0. The van der Waals surface area contributed by atoms with Crippen molar-refractivity contribution in [2.24, 2.45) is 40.9 Å². The maximum Gasteiger partial charge on any atom is 0.155 e. The summed E-state index contributed by atoms with van der Waals surface area (Å²) in [4.78, 5) is 11.8. The van der Waals surface area contributed by atoms with Gasteiger partial charge in [0.25, 0.3) is 0 Å². The van der Waals surface area contributed by atoms with Crippen LogP contribution in [0.25, 0.3) is 0 Å². The highest BCUT2D eigenvalue weighted by molar-refractivity contribution is 5.91. The Kier molecular flexibility index (Phi) is 3.35. The molecule has 4 aliphatic rings. The van der Waals surface area contributed by atoms with Crippen LogP contribution in [0.1, 0.15) is 59.3 Å². The third-order valence-corrected chi connectivity index (χ3v) is 7.89. The zero-order valence-electron chi connectivity index (χ0n) is 14.2. The number of rotatable bonds is 0. The molecule has 0 aliphatic heterocycles. The van der Waals surface area contributed by atoms with Crippen molar-refractivity contribution >= 4 is 5.78 Å². The summed E-state index contributed by atoms with van der Waals surface area (Å²) in [5, 5.41) is 10.6. The van der Waals surface area contributed by atoms with Crippen molar-refractivity contribution in [3.8, 4) is 0 Å². The molecule has 0 aromatic rings. The van der Waals surface area contributed by atoms with Gasteiger partial charge in [0.15, 0.2) is 5.78 Å². The first-order valence-corrected chi connectivity index (χ1v) is 9.33. The summed E-state index contributed by atoms with van der Waals surface area (Å²) in [5.41, 5.74) is 1.60. The second kappa shape index (κ2) is 4.93. The maximum atomic E-state index is 11.8. The van der Waals surface area contributed by atoms with Crippen molar-refractivity contribution in [2.75, 3.05) is 0 Å². The van der Waals surface area contributed by atoms with Crippen molar-refractivity contribution in [3.05, 3.63) is 11.6 Å². The number of fused-ring (bicyclic) bond motifs is 5. The van der Waals surface area contributed by atoms with Gasteiger partial charge in [0.2, 0.25) is 0 Å². The molecule has 0 saturated heterocycles. The molecule has 3 saturated carbocycles. The SMILES string of the molecule is CC1C[C@@]2(C)C(CC[C@@H]2O)C2C(C)CC3=CC(=O)CCC3C12. The third-order valence-electron chi connectivity index (χ3n) is 7.89. The zero-order chi connectivity index (χ0) is 15.6. The second-order valence-corrected chi connectivity index (χ2v) is 9.05. The first-order valence-electron chi connectivity index (χ1n) is 9.33. The number of ketones is 1. The van der Waals surface area contributed by atoms with Gasteiger partial charge >= 0.3 is 0 Å². The normalized spacial score (nSPS) is 54.3. The highest BCUT2D eigenvalue weighted by Gasteiger charge is 2.59. The summed E-state index contributed by atoms with van der Waals surface area (Å²) in [6, 6.07) is 0. The molecule has 122 valence electrons. The van der Waals surface area contributed by atoms with E-state index in [2.05, 4.69) is 20.8 Å². The maximum absolute atomic E-state index is 11.8. The molecule has 22 heavy (non-hydrogen) atoms. The number of hydrogen-bond acceptors (Lipinski definition) is 2. The van der Waals surface area contributed by atoms with Crippen molar-refractivity contribution in [3.63, 3.8) is 0 Å². The van der Waals surface area contributed by atoms with Gasteiger partial charge in [-0.2, -0.15) is 0 Å². The summed E-state index contributed by atoms with van der Waals surface area (Å²) in [6.45, 7) is 7.16. The number of allylic oxidation sites excluding steroid dienone is 1.